The number of hydrogen-bond acceptors (Lipinski definition) is 4. The first-order valence-electron chi connectivity index (χ1n) is 11.3. The van der Waals surface area contributed by atoms with Crippen LogP contribution in [0.3, 0.4) is 0 Å². The minimum absolute atomic E-state index is 0.326. The number of H-pyrrole nitrogens is 1. The van der Waals surface area contributed by atoms with Crippen molar-refractivity contribution >= 4 is 35.3 Å². The summed E-state index contributed by atoms with van der Waals surface area (Å²) in [6.45, 7) is 3.80. The standard InChI is InChI=1S/C28H24ClN2O3P/c1-3-33-35(2,32)23-11-7-10-22(16-23)34-28-30-26-17-24(25(29)18-27(26)31-28)21-14-12-20(13-15-21)19-8-5-4-6-9-19/h4-18H,3H2,1-2H3,(H,30,31). The molecule has 0 radical (unpaired) electrons. The maximum absolute atomic E-state index is 12.8. The van der Waals surface area contributed by atoms with Gasteiger partial charge in [0.2, 0.25) is 7.37 Å². The highest BCUT2D eigenvalue weighted by Gasteiger charge is 2.19. The van der Waals surface area contributed by atoms with Crippen LogP contribution in [0, 0.1) is 0 Å². The summed E-state index contributed by atoms with van der Waals surface area (Å²) in [6.07, 6.45) is 0. The van der Waals surface area contributed by atoms with Gasteiger partial charge in [0.15, 0.2) is 0 Å². The maximum atomic E-state index is 12.8. The highest BCUT2D eigenvalue weighted by atomic mass is 35.5. The Morgan fingerprint density at radius 2 is 1.60 bits per heavy atom. The van der Waals surface area contributed by atoms with E-state index in [4.69, 9.17) is 20.9 Å². The Hall–Kier alpha value is -3.37. The summed E-state index contributed by atoms with van der Waals surface area (Å²) in [5.74, 6) is 0.520. The van der Waals surface area contributed by atoms with Crippen LogP contribution in [0.15, 0.2) is 91.0 Å². The number of hydrogen-bond donors (Lipinski definition) is 1. The van der Waals surface area contributed by atoms with Crippen LogP contribution < -0.4 is 10.0 Å². The quantitative estimate of drug-likeness (QED) is 0.230. The van der Waals surface area contributed by atoms with Crippen molar-refractivity contribution in [3.63, 3.8) is 0 Å². The molecule has 0 spiro atoms. The van der Waals surface area contributed by atoms with Crippen LogP contribution in [-0.4, -0.2) is 23.2 Å². The molecule has 5 rings (SSSR count). The van der Waals surface area contributed by atoms with Crippen molar-refractivity contribution in [2.24, 2.45) is 0 Å². The second-order valence-corrected chi connectivity index (χ2v) is 11.1. The normalized spacial score (nSPS) is 13.0. The zero-order valence-electron chi connectivity index (χ0n) is 19.4. The Kier molecular flexibility index (Phi) is 6.48. The second kappa shape index (κ2) is 9.71. The third-order valence-electron chi connectivity index (χ3n) is 5.73. The van der Waals surface area contributed by atoms with Crippen molar-refractivity contribution in [1.29, 1.82) is 0 Å². The first-order chi connectivity index (χ1) is 16.9. The molecule has 0 fully saturated rings. The van der Waals surface area contributed by atoms with Crippen LogP contribution in [0.5, 0.6) is 11.8 Å². The average molecular weight is 503 g/mol. The molecule has 0 aliphatic carbocycles. The molecule has 1 atom stereocenters. The molecule has 5 aromatic rings. The van der Waals surface area contributed by atoms with Gasteiger partial charge in [-0.05, 0) is 53.9 Å². The number of imidazole rings is 1. The van der Waals surface area contributed by atoms with E-state index >= 15 is 0 Å². The van der Waals surface area contributed by atoms with Crippen molar-refractivity contribution in [2.75, 3.05) is 13.3 Å². The molecular weight excluding hydrogens is 479 g/mol. The molecule has 0 saturated heterocycles. The number of aromatic nitrogens is 2. The van der Waals surface area contributed by atoms with Gasteiger partial charge in [-0.15, -0.1) is 0 Å². The number of aromatic amines is 1. The summed E-state index contributed by atoms with van der Waals surface area (Å²) in [7, 11) is -2.90. The van der Waals surface area contributed by atoms with Gasteiger partial charge in [0.25, 0.3) is 6.01 Å². The largest absolute Gasteiger partial charge is 0.426 e. The summed E-state index contributed by atoms with van der Waals surface area (Å²) >= 11 is 6.63. The van der Waals surface area contributed by atoms with E-state index in [2.05, 4.69) is 46.4 Å². The molecule has 0 aliphatic heterocycles. The van der Waals surface area contributed by atoms with Gasteiger partial charge in [-0.2, -0.15) is 4.98 Å². The van der Waals surface area contributed by atoms with Crippen LogP contribution in [0.25, 0.3) is 33.3 Å². The van der Waals surface area contributed by atoms with E-state index in [0.29, 0.717) is 28.7 Å². The number of fused-ring (bicyclic) bond motifs is 1. The molecule has 1 aromatic heterocycles. The smallest absolute Gasteiger partial charge is 0.300 e. The van der Waals surface area contributed by atoms with Crippen molar-refractivity contribution in [3.05, 3.63) is 96.0 Å². The van der Waals surface area contributed by atoms with Gasteiger partial charge in [-0.3, -0.25) is 4.57 Å². The molecule has 1 heterocycles. The molecule has 0 saturated carbocycles. The number of nitrogens with one attached hydrogen (secondary N) is 1. The highest BCUT2D eigenvalue weighted by molar-refractivity contribution is 7.66. The van der Waals surface area contributed by atoms with Gasteiger partial charge >= 0.3 is 0 Å². The van der Waals surface area contributed by atoms with Gasteiger partial charge in [0.1, 0.15) is 5.75 Å². The topological polar surface area (TPSA) is 64.2 Å². The molecule has 35 heavy (non-hydrogen) atoms. The van der Waals surface area contributed by atoms with Gasteiger partial charge < -0.3 is 14.2 Å². The van der Waals surface area contributed by atoms with Crippen molar-refractivity contribution in [2.45, 2.75) is 6.92 Å². The molecule has 0 bridgehead atoms. The summed E-state index contributed by atoms with van der Waals surface area (Å²) in [5.41, 5.74) is 5.70. The zero-order valence-corrected chi connectivity index (χ0v) is 21.0. The summed E-state index contributed by atoms with van der Waals surface area (Å²) in [5, 5.41) is 1.21. The predicted molar refractivity (Wildman–Crippen MR) is 143 cm³/mol. The SMILES string of the molecule is CCOP(C)(=O)c1cccc(Oc2nc3cc(-c4ccc(-c5ccccc5)cc4)c(Cl)cc3[nH]2)c1. The Balaban J connectivity index is 1.42. The molecule has 1 N–H and O–H groups in total. The van der Waals surface area contributed by atoms with E-state index in [0.717, 1.165) is 27.7 Å². The van der Waals surface area contributed by atoms with Crippen LogP contribution >= 0.6 is 19.0 Å². The van der Waals surface area contributed by atoms with E-state index in [-0.39, 0.29) is 0 Å². The minimum atomic E-state index is -2.90. The Morgan fingerprint density at radius 1 is 0.886 bits per heavy atom. The Morgan fingerprint density at radius 3 is 2.34 bits per heavy atom. The van der Waals surface area contributed by atoms with Crippen LogP contribution in [0.4, 0.5) is 0 Å². The molecule has 5 nitrogen and oxygen atoms in total. The highest BCUT2D eigenvalue weighted by Crippen LogP contribution is 2.42. The van der Waals surface area contributed by atoms with E-state index in [9.17, 15) is 4.57 Å². The summed E-state index contributed by atoms with van der Waals surface area (Å²) < 4.78 is 24.1. The fourth-order valence-electron chi connectivity index (χ4n) is 3.98. The zero-order chi connectivity index (χ0) is 24.4. The second-order valence-electron chi connectivity index (χ2n) is 8.20. The number of rotatable bonds is 7. The first-order valence-corrected chi connectivity index (χ1v) is 13.7. The lowest BCUT2D eigenvalue weighted by atomic mass is 10.00. The van der Waals surface area contributed by atoms with Crippen LogP contribution in [0.1, 0.15) is 6.92 Å². The molecule has 0 aliphatic rings. The lowest BCUT2D eigenvalue weighted by Gasteiger charge is -2.13. The fourth-order valence-corrected chi connectivity index (χ4v) is 5.61. The maximum Gasteiger partial charge on any atom is 0.300 e. The monoisotopic (exact) mass is 502 g/mol. The summed E-state index contributed by atoms with van der Waals surface area (Å²) in [6, 6.07) is 29.7. The third kappa shape index (κ3) is 5.03. The van der Waals surface area contributed by atoms with Crippen molar-refractivity contribution < 1.29 is 13.8 Å². The number of ether oxygens (including phenoxy) is 1. The van der Waals surface area contributed by atoms with Gasteiger partial charge in [-0.1, -0.05) is 72.3 Å². The third-order valence-corrected chi connectivity index (χ3v) is 8.01. The number of nitrogens with zero attached hydrogens (tertiary/aromatic N) is 1. The molecule has 0 amide bonds. The van der Waals surface area contributed by atoms with Gasteiger partial charge in [0.05, 0.1) is 22.7 Å². The fraction of sp³-hybridized carbons (Fsp3) is 0.107. The Labute approximate surface area is 209 Å². The van der Waals surface area contributed by atoms with E-state index in [1.54, 1.807) is 30.9 Å². The Bertz CT molecular complexity index is 1530. The molecule has 7 heteroatoms. The van der Waals surface area contributed by atoms with E-state index in [1.807, 2.05) is 37.3 Å². The molecular formula is C28H24ClN2O3P. The van der Waals surface area contributed by atoms with E-state index in [1.165, 1.54) is 5.56 Å². The molecule has 4 aromatic carbocycles. The minimum Gasteiger partial charge on any atom is -0.426 e. The average Bonchev–Trinajstić information content (AvgIpc) is 3.25. The van der Waals surface area contributed by atoms with Gasteiger partial charge in [-0.25, -0.2) is 0 Å². The molecule has 176 valence electrons. The number of halogens is 1. The van der Waals surface area contributed by atoms with E-state index < -0.39 is 7.37 Å². The predicted octanol–water partition coefficient (Wildman–Crippen LogP) is 7.91. The van der Waals surface area contributed by atoms with Crippen molar-refractivity contribution in [1.82, 2.24) is 9.97 Å². The lowest BCUT2D eigenvalue weighted by molar-refractivity contribution is 0.344. The number of benzene rings is 4. The lowest BCUT2D eigenvalue weighted by Crippen LogP contribution is -2.06. The first kappa shape index (κ1) is 23.4. The summed E-state index contributed by atoms with van der Waals surface area (Å²) in [4.78, 5) is 7.75. The molecule has 1 unspecified atom stereocenters. The van der Waals surface area contributed by atoms with Crippen LogP contribution in [-0.2, 0) is 9.09 Å². The van der Waals surface area contributed by atoms with Crippen molar-refractivity contribution in [3.8, 4) is 34.0 Å². The van der Waals surface area contributed by atoms with Crippen LogP contribution in [0.2, 0.25) is 5.02 Å². The van der Waals surface area contributed by atoms with Gasteiger partial charge in [0, 0.05) is 17.5 Å².